The van der Waals surface area contributed by atoms with Gasteiger partial charge in [0.1, 0.15) is 5.82 Å². The lowest BCUT2D eigenvalue weighted by molar-refractivity contribution is -0.138. The average molecular weight is 513 g/mol. The minimum atomic E-state index is -4.92. The highest BCUT2D eigenvalue weighted by molar-refractivity contribution is 6.00. The standard InChI is InChI=1S/C24H18F7N3O2/c25-19-5-3-15(23(26,27)28)10-18(19)21(7-8-21)13-22(36,6-1-9-32)20(35)34-16-4-2-14(12-33)17(11-16)24(29,30)31/h2-5,10-11,36H,7-9,13,32H2,(H,34,35). The summed E-state index contributed by atoms with van der Waals surface area (Å²) >= 11 is 0. The van der Waals surface area contributed by atoms with Crippen LogP contribution in [0.5, 0.6) is 0 Å². The van der Waals surface area contributed by atoms with Gasteiger partial charge in [-0.1, -0.05) is 11.8 Å². The number of hydrogen-bond acceptors (Lipinski definition) is 4. The molecule has 0 aromatic heterocycles. The zero-order valence-corrected chi connectivity index (χ0v) is 18.3. The van der Waals surface area contributed by atoms with Gasteiger partial charge in [0.15, 0.2) is 0 Å². The molecule has 1 aliphatic rings. The molecule has 1 fully saturated rings. The van der Waals surface area contributed by atoms with E-state index in [0.717, 1.165) is 12.1 Å². The molecule has 1 saturated carbocycles. The van der Waals surface area contributed by atoms with E-state index in [1.165, 1.54) is 6.07 Å². The Kier molecular flexibility index (Phi) is 7.08. The van der Waals surface area contributed by atoms with E-state index in [4.69, 9.17) is 11.0 Å². The number of carbonyl (C=O) groups is 1. The van der Waals surface area contributed by atoms with Crippen LogP contribution in [0.15, 0.2) is 36.4 Å². The van der Waals surface area contributed by atoms with Crippen LogP contribution in [0.4, 0.5) is 36.4 Å². The Morgan fingerprint density at radius 2 is 1.75 bits per heavy atom. The predicted molar refractivity (Wildman–Crippen MR) is 113 cm³/mol. The topological polar surface area (TPSA) is 99.1 Å². The van der Waals surface area contributed by atoms with E-state index >= 15 is 0 Å². The van der Waals surface area contributed by atoms with E-state index in [1.807, 2.05) is 0 Å². The minimum Gasteiger partial charge on any atom is -0.369 e. The summed E-state index contributed by atoms with van der Waals surface area (Å²) in [5.41, 5.74) is -2.63. The molecular formula is C24H18F7N3O2. The molecule has 1 amide bonds. The van der Waals surface area contributed by atoms with Gasteiger partial charge in [-0.15, -0.1) is 0 Å². The van der Waals surface area contributed by atoms with Crippen molar-refractivity contribution in [2.24, 2.45) is 5.73 Å². The van der Waals surface area contributed by atoms with E-state index in [9.17, 15) is 40.6 Å². The second-order valence-electron chi connectivity index (χ2n) is 8.34. The summed E-state index contributed by atoms with van der Waals surface area (Å²) in [6.07, 6.45) is -10.1. The summed E-state index contributed by atoms with van der Waals surface area (Å²) in [6, 6.07) is 5.50. The number of amides is 1. The van der Waals surface area contributed by atoms with Crippen molar-refractivity contribution >= 4 is 11.6 Å². The lowest BCUT2D eigenvalue weighted by Crippen LogP contribution is -2.45. The lowest BCUT2D eigenvalue weighted by atomic mass is 9.82. The molecule has 1 aliphatic carbocycles. The quantitative estimate of drug-likeness (QED) is 0.405. The molecule has 1 atom stereocenters. The summed E-state index contributed by atoms with van der Waals surface area (Å²) in [5.74, 6) is 2.23. The third kappa shape index (κ3) is 5.61. The summed E-state index contributed by atoms with van der Waals surface area (Å²) in [5, 5.41) is 22.1. The van der Waals surface area contributed by atoms with E-state index < -0.39 is 63.9 Å². The van der Waals surface area contributed by atoms with Gasteiger partial charge in [-0.05, 0) is 54.8 Å². The number of alkyl halides is 6. The van der Waals surface area contributed by atoms with Crippen LogP contribution < -0.4 is 11.1 Å². The lowest BCUT2D eigenvalue weighted by Gasteiger charge is -2.28. The SMILES string of the molecule is N#Cc1ccc(NC(=O)C(O)(C#CCN)CC2(c3cc(C(F)(F)F)ccc3F)CC2)cc1C(F)(F)F. The molecule has 36 heavy (non-hydrogen) atoms. The fraction of sp³-hybridized carbons (Fsp3) is 0.333. The summed E-state index contributed by atoms with van der Waals surface area (Å²) < 4.78 is 93.9. The van der Waals surface area contributed by atoms with Crippen molar-refractivity contribution in [3.8, 4) is 17.9 Å². The first-order valence-corrected chi connectivity index (χ1v) is 10.4. The molecule has 2 aromatic carbocycles. The first kappa shape index (κ1) is 27.0. The Labute approximate surface area is 200 Å². The molecule has 0 aliphatic heterocycles. The molecule has 190 valence electrons. The smallest absolute Gasteiger partial charge is 0.369 e. The number of hydrogen-bond donors (Lipinski definition) is 3. The highest BCUT2D eigenvalue weighted by Gasteiger charge is 2.54. The highest BCUT2D eigenvalue weighted by atomic mass is 19.4. The van der Waals surface area contributed by atoms with Crippen LogP contribution in [0, 0.1) is 29.0 Å². The van der Waals surface area contributed by atoms with E-state index in [-0.39, 0.29) is 24.9 Å². The number of benzene rings is 2. The average Bonchev–Trinajstić information content (AvgIpc) is 3.56. The van der Waals surface area contributed by atoms with Gasteiger partial charge in [-0.2, -0.15) is 31.6 Å². The first-order chi connectivity index (χ1) is 16.6. The largest absolute Gasteiger partial charge is 0.417 e. The molecule has 2 aromatic rings. The molecule has 5 nitrogen and oxygen atoms in total. The monoisotopic (exact) mass is 513 g/mol. The number of anilines is 1. The third-order valence-corrected chi connectivity index (χ3v) is 5.79. The number of halogens is 7. The van der Waals surface area contributed by atoms with Crippen LogP contribution in [0.25, 0.3) is 0 Å². The number of nitriles is 1. The van der Waals surface area contributed by atoms with Gasteiger partial charge in [0, 0.05) is 17.5 Å². The zero-order chi connectivity index (χ0) is 26.9. The van der Waals surface area contributed by atoms with E-state index in [1.54, 1.807) is 0 Å². The Morgan fingerprint density at radius 1 is 1.08 bits per heavy atom. The molecule has 0 radical (unpaired) electrons. The minimum absolute atomic E-state index is 0.125. The van der Waals surface area contributed by atoms with Crippen LogP contribution >= 0.6 is 0 Å². The first-order valence-electron chi connectivity index (χ1n) is 10.4. The Bertz CT molecular complexity index is 1280. The summed E-state index contributed by atoms with van der Waals surface area (Å²) in [4.78, 5) is 13.0. The van der Waals surface area contributed by atoms with E-state index in [2.05, 4.69) is 17.2 Å². The van der Waals surface area contributed by atoms with Gasteiger partial charge in [0.2, 0.25) is 5.60 Å². The maximum Gasteiger partial charge on any atom is 0.417 e. The molecule has 4 N–H and O–H groups in total. The van der Waals surface area contributed by atoms with Crippen molar-refractivity contribution in [1.29, 1.82) is 5.26 Å². The van der Waals surface area contributed by atoms with Crippen LogP contribution in [-0.2, 0) is 22.6 Å². The fourth-order valence-electron chi connectivity index (χ4n) is 3.86. The maximum absolute atomic E-state index is 14.6. The normalized spacial score (nSPS) is 16.2. The van der Waals surface area contributed by atoms with Gasteiger partial charge in [0.25, 0.3) is 5.91 Å². The number of carbonyl (C=O) groups excluding carboxylic acids is 1. The molecule has 0 bridgehead atoms. The Balaban J connectivity index is 1.97. The third-order valence-electron chi connectivity index (χ3n) is 5.79. The Hall–Kier alpha value is -3.61. The number of aliphatic hydroxyl groups is 1. The predicted octanol–water partition coefficient (Wildman–Crippen LogP) is 4.49. The molecule has 3 rings (SSSR count). The van der Waals surface area contributed by atoms with Gasteiger partial charge < -0.3 is 16.2 Å². The van der Waals surface area contributed by atoms with E-state index in [0.29, 0.717) is 24.3 Å². The molecular weight excluding hydrogens is 495 g/mol. The van der Waals surface area contributed by atoms with Gasteiger partial charge in [-0.25, -0.2) is 4.39 Å². The fourth-order valence-corrected chi connectivity index (χ4v) is 3.86. The van der Waals surface area contributed by atoms with Crippen molar-refractivity contribution in [2.75, 3.05) is 11.9 Å². The van der Waals surface area contributed by atoms with Crippen molar-refractivity contribution in [3.05, 3.63) is 64.5 Å². The zero-order valence-electron chi connectivity index (χ0n) is 18.3. The number of nitrogens with one attached hydrogen (secondary N) is 1. The van der Waals surface area contributed by atoms with Crippen LogP contribution in [0.3, 0.4) is 0 Å². The van der Waals surface area contributed by atoms with Crippen molar-refractivity contribution in [2.45, 2.75) is 42.6 Å². The van der Waals surface area contributed by atoms with Crippen LogP contribution in [0.2, 0.25) is 0 Å². The summed E-state index contributed by atoms with van der Waals surface area (Å²) in [7, 11) is 0. The summed E-state index contributed by atoms with van der Waals surface area (Å²) in [6.45, 7) is -0.324. The maximum atomic E-state index is 14.6. The molecule has 0 spiro atoms. The molecule has 0 heterocycles. The van der Waals surface area contributed by atoms with Crippen LogP contribution in [0.1, 0.15) is 41.5 Å². The number of rotatable bonds is 5. The van der Waals surface area contributed by atoms with Crippen molar-refractivity contribution in [3.63, 3.8) is 0 Å². The number of nitrogens with two attached hydrogens (primary N) is 1. The second-order valence-corrected chi connectivity index (χ2v) is 8.34. The van der Waals surface area contributed by atoms with Crippen molar-refractivity contribution < 1.29 is 40.6 Å². The van der Waals surface area contributed by atoms with Gasteiger partial charge >= 0.3 is 12.4 Å². The second kappa shape index (κ2) is 9.45. The van der Waals surface area contributed by atoms with Gasteiger partial charge in [0.05, 0.1) is 29.3 Å². The van der Waals surface area contributed by atoms with Crippen LogP contribution in [-0.4, -0.2) is 23.2 Å². The molecule has 0 saturated heterocycles. The molecule has 12 heteroatoms. The Morgan fingerprint density at radius 3 is 2.28 bits per heavy atom. The van der Waals surface area contributed by atoms with Crippen molar-refractivity contribution in [1.82, 2.24) is 0 Å². The molecule has 1 unspecified atom stereocenters. The highest BCUT2D eigenvalue weighted by Crippen LogP contribution is 2.55. The van der Waals surface area contributed by atoms with Gasteiger partial charge in [-0.3, -0.25) is 4.79 Å². The number of nitrogens with zero attached hydrogens (tertiary/aromatic N) is 1.